The minimum Gasteiger partial charge on any atom is -0.371 e. The maximum absolute atomic E-state index is 10.7. The van der Waals surface area contributed by atoms with Crippen molar-refractivity contribution in [3.63, 3.8) is 0 Å². The fraction of sp³-hybridized carbons (Fsp3) is 0.800. The van der Waals surface area contributed by atoms with Gasteiger partial charge in [-0.25, -0.2) is 4.57 Å². The number of rotatable bonds is 0. The van der Waals surface area contributed by atoms with Gasteiger partial charge in [-0.05, 0) is 5.92 Å². The van der Waals surface area contributed by atoms with Gasteiger partial charge in [-0.3, -0.25) is 14.2 Å². The second-order valence-corrected chi connectivity index (χ2v) is 3.91. The summed E-state index contributed by atoms with van der Waals surface area (Å²) in [6.45, 7) is 1.83. The third-order valence-electron chi connectivity index (χ3n) is 1.25. The van der Waals surface area contributed by atoms with Crippen LogP contribution in [0.3, 0.4) is 0 Å². The van der Waals surface area contributed by atoms with Gasteiger partial charge in [-0.2, -0.15) is 0 Å². The molecule has 1 fully saturated rings. The number of hydrogen-bond donors (Lipinski definition) is 1. The van der Waals surface area contributed by atoms with Crippen LogP contribution in [0.2, 0.25) is 0 Å². The second-order valence-electron chi connectivity index (χ2n) is 2.54. The highest BCUT2D eigenvalue weighted by molar-refractivity contribution is 7.48. The highest BCUT2D eigenvalue weighted by Crippen LogP contribution is 2.46. The first-order chi connectivity index (χ1) is 4.99. The summed E-state index contributed by atoms with van der Waals surface area (Å²) >= 11 is 0. The Balaban J connectivity index is 2.68. The molecule has 0 radical (unpaired) electrons. The van der Waals surface area contributed by atoms with Crippen molar-refractivity contribution in [2.45, 2.75) is 13.3 Å². The maximum Gasteiger partial charge on any atom is 0.529 e. The van der Waals surface area contributed by atoms with E-state index >= 15 is 0 Å². The Labute approximate surface area is 63.9 Å². The number of carbonyl (C=O) groups is 1. The maximum atomic E-state index is 10.7. The lowest BCUT2D eigenvalue weighted by molar-refractivity contribution is -0.135. The molecule has 0 amide bonds. The highest BCUT2D eigenvalue weighted by atomic mass is 31.2. The summed E-state index contributed by atoms with van der Waals surface area (Å²) in [5, 5.41) is 0. The zero-order valence-corrected chi connectivity index (χ0v) is 6.91. The van der Waals surface area contributed by atoms with Crippen molar-refractivity contribution in [1.82, 2.24) is 0 Å². The van der Waals surface area contributed by atoms with E-state index in [1.165, 1.54) is 0 Å². The summed E-state index contributed by atoms with van der Waals surface area (Å²) in [6.07, 6.45) is 0.130. The molecule has 0 aromatic rings. The van der Waals surface area contributed by atoms with Crippen molar-refractivity contribution in [3.8, 4) is 0 Å². The van der Waals surface area contributed by atoms with E-state index in [1.807, 2.05) is 0 Å². The van der Waals surface area contributed by atoms with Gasteiger partial charge in [-0.1, -0.05) is 6.92 Å². The smallest absolute Gasteiger partial charge is 0.371 e. The minimum absolute atomic E-state index is 0.0644. The molecule has 5 nitrogen and oxygen atoms in total. The van der Waals surface area contributed by atoms with Crippen LogP contribution in [0.4, 0.5) is 0 Å². The number of phosphoric ester groups is 1. The van der Waals surface area contributed by atoms with E-state index in [-0.39, 0.29) is 18.9 Å². The molecule has 2 atom stereocenters. The summed E-state index contributed by atoms with van der Waals surface area (Å²) in [6, 6.07) is 0. The van der Waals surface area contributed by atoms with Crippen LogP contribution in [0.1, 0.15) is 13.3 Å². The SMILES string of the molecule is CC1COP(=O)(O)OC(=O)C1. The van der Waals surface area contributed by atoms with Crippen LogP contribution in [0, 0.1) is 5.92 Å². The lowest BCUT2D eigenvalue weighted by Crippen LogP contribution is -2.05. The molecule has 0 bridgehead atoms. The van der Waals surface area contributed by atoms with Crippen LogP contribution in [0.15, 0.2) is 0 Å². The van der Waals surface area contributed by atoms with Gasteiger partial charge in [0.1, 0.15) is 0 Å². The van der Waals surface area contributed by atoms with E-state index in [4.69, 9.17) is 4.89 Å². The van der Waals surface area contributed by atoms with Crippen LogP contribution >= 0.6 is 7.82 Å². The van der Waals surface area contributed by atoms with E-state index in [2.05, 4.69) is 9.05 Å². The van der Waals surface area contributed by atoms with E-state index in [9.17, 15) is 9.36 Å². The van der Waals surface area contributed by atoms with Crippen LogP contribution in [-0.4, -0.2) is 17.5 Å². The second kappa shape index (κ2) is 2.93. The van der Waals surface area contributed by atoms with E-state index in [0.29, 0.717) is 0 Å². The van der Waals surface area contributed by atoms with Gasteiger partial charge in [0.2, 0.25) is 0 Å². The van der Waals surface area contributed by atoms with E-state index in [1.54, 1.807) is 6.92 Å². The van der Waals surface area contributed by atoms with Crippen molar-refractivity contribution < 1.29 is 23.3 Å². The summed E-state index contributed by atoms with van der Waals surface area (Å²) in [7, 11) is -4.07. The molecule has 11 heavy (non-hydrogen) atoms. The first-order valence-corrected chi connectivity index (χ1v) is 4.69. The van der Waals surface area contributed by atoms with Gasteiger partial charge in [0, 0.05) is 0 Å². The third-order valence-corrected chi connectivity index (χ3v) is 2.16. The Morgan fingerprint density at radius 3 is 3.00 bits per heavy atom. The Morgan fingerprint density at radius 2 is 2.36 bits per heavy atom. The number of hydrogen-bond acceptors (Lipinski definition) is 4. The molecule has 1 rings (SSSR count). The zero-order chi connectivity index (χ0) is 8.48. The molecule has 2 unspecified atom stereocenters. The average molecular weight is 180 g/mol. The molecule has 0 saturated carbocycles. The average Bonchev–Trinajstić information content (AvgIpc) is 1.90. The molecule has 0 spiro atoms. The molecule has 64 valence electrons. The molecular weight excluding hydrogens is 171 g/mol. The molecular formula is C5H9O5P. The van der Waals surface area contributed by atoms with Crippen molar-refractivity contribution in [1.29, 1.82) is 0 Å². The molecule has 6 heteroatoms. The summed E-state index contributed by atoms with van der Waals surface area (Å²) in [4.78, 5) is 19.4. The van der Waals surface area contributed by atoms with Gasteiger partial charge >= 0.3 is 13.8 Å². The van der Waals surface area contributed by atoms with Crippen LogP contribution in [0.25, 0.3) is 0 Å². The molecule has 1 saturated heterocycles. The van der Waals surface area contributed by atoms with Crippen molar-refractivity contribution >= 4 is 13.8 Å². The lowest BCUT2D eigenvalue weighted by atomic mass is 10.1. The Kier molecular flexibility index (Phi) is 2.32. The van der Waals surface area contributed by atoms with Crippen molar-refractivity contribution in [2.75, 3.05) is 6.61 Å². The normalized spacial score (nSPS) is 39.5. The third kappa shape index (κ3) is 2.61. The summed E-state index contributed by atoms with van der Waals surface area (Å²) < 4.78 is 19.3. The largest absolute Gasteiger partial charge is 0.529 e. The Hall–Kier alpha value is -0.380. The molecule has 0 aromatic carbocycles. The van der Waals surface area contributed by atoms with Crippen LogP contribution < -0.4 is 0 Å². The first-order valence-electron chi connectivity index (χ1n) is 3.19. The first kappa shape index (κ1) is 8.71. The fourth-order valence-electron chi connectivity index (χ4n) is 0.757. The zero-order valence-electron chi connectivity index (χ0n) is 6.02. The van der Waals surface area contributed by atoms with Crippen molar-refractivity contribution in [2.24, 2.45) is 5.92 Å². The molecule has 1 aliphatic rings. The number of carbonyl (C=O) groups excluding carboxylic acids is 1. The molecule has 0 aromatic heterocycles. The van der Waals surface area contributed by atoms with E-state index in [0.717, 1.165) is 0 Å². The van der Waals surface area contributed by atoms with Crippen LogP contribution in [-0.2, 0) is 18.4 Å². The molecule has 1 aliphatic heterocycles. The Morgan fingerprint density at radius 1 is 1.73 bits per heavy atom. The van der Waals surface area contributed by atoms with Gasteiger partial charge in [-0.15, -0.1) is 0 Å². The molecule has 0 aliphatic carbocycles. The van der Waals surface area contributed by atoms with Crippen LogP contribution in [0.5, 0.6) is 0 Å². The number of phosphoric acid groups is 1. The highest BCUT2D eigenvalue weighted by Gasteiger charge is 2.31. The topological polar surface area (TPSA) is 72.8 Å². The summed E-state index contributed by atoms with van der Waals surface area (Å²) in [5.41, 5.74) is 0. The summed E-state index contributed by atoms with van der Waals surface area (Å²) in [5.74, 6) is -0.744. The van der Waals surface area contributed by atoms with Crippen molar-refractivity contribution in [3.05, 3.63) is 0 Å². The predicted molar refractivity (Wildman–Crippen MR) is 35.7 cm³/mol. The van der Waals surface area contributed by atoms with E-state index < -0.39 is 13.8 Å². The van der Waals surface area contributed by atoms with Gasteiger partial charge < -0.3 is 4.52 Å². The van der Waals surface area contributed by atoms with Gasteiger partial charge in [0.05, 0.1) is 13.0 Å². The molecule has 1 heterocycles. The Bertz CT molecular complexity index is 213. The monoisotopic (exact) mass is 180 g/mol. The van der Waals surface area contributed by atoms with Gasteiger partial charge in [0.25, 0.3) is 0 Å². The predicted octanol–water partition coefficient (Wildman–Crippen LogP) is 0.686. The molecule has 1 N–H and O–H groups in total. The minimum atomic E-state index is -4.07. The lowest BCUT2D eigenvalue weighted by Gasteiger charge is -2.05. The fourth-order valence-corrected chi connectivity index (χ4v) is 1.58. The standard InChI is InChI=1S/C5H9O5P/c1-4-2-5(6)10-11(7,8)9-3-4/h4H,2-3H2,1H3,(H,7,8). The quantitative estimate of drug-likeness (QED) is 0.555. The van der Waals surface area contributed by atoms with Gasteiger partial charge in [0.15, 0.2) is 0 Å².